The van der Waals surface area contributed by atoms with Crippen LogP contribution in [-0.2, 0) is 4.79 Å². The van der Waals surface area contributed by atoms with Gasteiger partial charge in [0.1, 0.15) is 11.6 Å². The third-order valence-corrected chi connectivity index (χ3v) is 7.43. The zero-order valence-electron chi connectivity index (χ0n) is 19.3. The lowest BCUT2D eigenvalue weighted by atomic mass is 9.78. The molecule has 0 aliphatic heterocycles. The van der Waals surface area contributed by atoms with Crippen molar-refractivity contribution < 1.29 is 23.4 Å². The monoisotopic (exact) mass is 457 g/mol. The molecule has 0 saturated heterocycles. The van der Waals surface area contributed by atoms with Gasteiger partial charge in [0.2, 0.25) is 5.67 Å². The fraction of sp³-hybridized carbons (Fsp3) is 0.519. The number of rotatable bonds is 9. The molecule has 2 fully saturated rings. The first-order valence-electron chi connectivity index (χ1n) is 11.9. The maximum Gasteiger partial charge on any atom is 0.341 e. The third kappa shape index (κ3) is 5.31. The molecule has 4 nitrogen and oxygen atoms in total. The lowest BCUT2D eigenvalue weighted by Gasteiger charge is -2.30. The number of hydrogen-bond acceptors (Lipinski definition) is 3. The average molecular weight is 458 g/mol. The van der Waals surface area contributed by atoms with Gasteiger partial charge in [0, 0.05) is 18.2 Å². The number of carboxylic acids is 1. The number of benzene rings is 2. The summed E-state index contributed by atoms with van der Waals surface area (Å²) in [5.74, 6) is -0.751. The van der Waals surface area contributed by atoms with Crippen LogP contribution >= 0.6 is 0 Å². The summed E-state index contributed by atoms with van der Waals surface area (Å²) >= 11 is 0. The Kier molecular flexibility index (Phi) is 6.91. The Bertz CT molecular complexity index is 981. The van der Waals surface area contributed by atoms with Gasteiger partial charge in [-0.1, -0.05) is 12.1 Å². The fourth-order valence-corrected chi connectivity index (χ4v) is 5.33. The van der Waals surface area contributed by atoms with Crippen LogP contribution in [0.1, 0.15) is 68.4 Å². The van der Waals surface area contributed by atoms with Gasteiger partial charge >= 0.3 is 5.97 Å². The molecule has 0 amide bonds. The first-order chi connectivity index (χ1) is 15.8. The molecular formula is C27H33F2NO3. The summed E-state index contributed by atoms with van der Waals surface area (Å²) < 4.78 is 34.6. The Morgan fingerprint density at radius 1 is 1.15 bits per heavy atom. The molecule has 2 unspecified atom stereocenters. The SMILES string of the molecule is COc1ccc(F)c([C@H]2CC[C@H](CNc3cccc(C(C4CC4)C(C)(F)C(=O)O)c3)CC2)c1. The van der Waals surface area contributed by atoms with Crippen LogP contribution in [0.3, 0.4) is 0 Å². The molecule has 2 atom stereocenters. The first-order valence-corrected chi connectivity index (χ1v) is 11.9. The highest BCUT2D eigenvalue weighted by Crippen LogP contribution is 2.50. The quantitative estimate of drug-likeness (QED) is 0.450. The van der Waals surface area contributed by atoms with E-state index in [4.69, 9.17) is 4.74 Å². The lowest BCUT2D eigenvalue weighted by Crippen LogP contribution is -2.38. The minimum Gasteiger partial charge on any atom is -0.497 e. The van der Waals surface area contributed by atoms with E-state index in [1.54, 1.807) is 13.2 Å². The summed E-state index contributed by atoms with van der Waals surface area (Å²) in [6.07, 6.45) is 5.59. The summed E-state index contributed by atoms with van der Waals surface area (Å²) in [6.45, 7) is 1.97. The fourth-order valence-electron chi connectivity index (χ4n) is 5.33. The molecule has 0 aromatic heterocycles. The zero-order valence-corrected chi connectivity index (χ0v) is 19.3. The zero-order chi connectivity index (χ0) is 23.6. The summed E-state index contributed by atoms with van der Waals surface area (Å²) in [7, 11) is 1.59. The summed E-state index contributed by atoms with van der Waals surface area (Å²) in [6, 6.07) is 12.5. The largest absolute Gasteiger partial charge is 0.497 e. The summed E-state index contributed by atoms with van der Waals surface area (Å²) in [4.78, 5) is 11.5. The highest BCUT2D eigenvalue weighted by atomic mass is 19.1. The minimum atomic E-state index is -2.28. The van der Waals surface area contributed by atoms with Crippen LogP contribution in [0, 0.1) is 17.7 Å². The van der Waals surface area contributed by atoms with E-state index in [1.807, 2.05) is 30.3 Å². The molecule has 2 aliphatic rings. The van der Waals surface area contributed by atoms with E-state index in [-0.39, 0.29) is 17.7 Å². The number of aliphatic carboxylic acids is 1. The van der Waals surface area contributed by atoms with Crippen molar-refractivity contribution in [2.45, 2.75) is 63.0 Å². The van der Waals surface area contributed by atoms with Gasteiger partial charge in [0.15, 0.2) is 0 Å². The van der Waals surface area contributed by atoms with E-state index in [2.05, 4.69) is 5.32 Å². The van der Waals surface area contributed by atoms with Crippen molar-refractivity contribution in [2.75, 3.05) is 19.0 Å². The maximum atomic E-state index is 15.1. The Balaban J connectivity index is 1.36. The number of methoxy groups -OCH3 is 1. The predicted octanol–water partition coefficient (Wildman–Crippen LogP) is 6.53. The topological polar surface area (TPSA) is 58.6 Å². The van der Waals surface area contributed by atoms with Crippen LogP contribution in [0.15, 0.2) is 42.5 Å². The van der Waals surface area contributed by atoms with Crippen molar-refractivity contribution in [2.24, 2.45) is 11.8 Å². The Labute approximate surface area is 194 Å². The van der Waals surface area contributed by atoms with Crippen molar-refractivity contribution in [1.82, 2.24) is 0 Å². The van der Waals surface area contributed by atoms with Gasteiger partial charge in [0.25, 0.3) is 0 Å². The number of carbonyl (C=O) groups is 1. The normalized spacial score (nSPS) is 23.4. The molecule has 2 saturated carbocycles. The van der Waals surface area contributed by atoms with Gasteiger partial charge in [-0.05, 0) is 105 Å². The molecule has 178 valence electrons. The molecule has 0 heterocycles. The number of halogens is 2. The number of anilines is 1. The van der Waals surface area contributed by atoms with E-state index in [0.29, 0.717) is 11.7 Å². The number of alkyl halides is 1. The molecule has 33 heavy (non-hydrogen) atoms. The second-order valence-corrected chi connectivity index (χ2v) is 9.81. The number of nitrogens with one attached hydrogen (secondary N) is 1. The highest BCUT2D eigenvalue weighted by molar-refractivity contribution is 5.78. The second-order valence-electron chi connectivity index (χ2n) is 9.81. The van der Waals surface area contributed by atoms with Crippen molar-refractivity contribution in [3.63, 3.8) is 0 Å². The van der Waals surface area contributed by atoms with E-state index in [9.17, 15) is 14.3 Å². The summed E-state index contributed by atoms with van der Waals surface area (Å²) in [5, 5.41) is 12.9. The van der Waals surface area contributed by atoms with E-state index >= 15 is 4.39 Å². The Morgan fingerprint density at radius 3 is 2.52 bits per heavy atom. The molecule has 0 spiro atoms. The Morgan fingerprint density at radius 2 is 1.88 bits per heavy atom. The number of hydrogen-bond donors (Lipinski definition) is 2. The van der Waals surface area contributed by atoms with Gasteiger partial charge < -0.3 is 15.2 Å². The van der Waals surface area contributed by atoms with Crippen molar-refractivity contribution >= 4 is 11.7 Å². The molecule has 2 aromatic rings. The van der Waals surface area contributed by atoms with E-state index in [1.165, 1.54) is 13.0 Å². The molecule has 2 aliphatic carbocycles. The number of ether oxygens (including phenoxy) is 1. The minimum absolute atomic E-state index is 0.0821. The van der Waals surface area contributed by atoms with Crippen LogP contribution in [-0.4, -0.2) is 30.4 Å². The highest BCUT2D eigenvalue weighted by Gasteiger charge is 2.50. The Hall–Kier alpha value is -2.63. The van der Waals surface area contributed by atoms with E-state index < -0.39 is 17.6 Å². The molecule has 2 N–H and O–H groups in total. The third-order valence-electron chi connectivity index (χ3n) is 7.43. The van der Waals surface area contributed by atoms with Crippen LogP contribution in [0.25, 0.3) is 0 Å². The van der Waals surface area contributed by atoms with Crippen LogP contribution in [0.5, 0.6) is 5.75 Å². The molecule has 6 heteroatoms. The standard InChI is InChI=1S/C27H33F2NO3/c1-27(29,26(31)32)25(19-10-11-19)20-4-3-5-21(14-20)30-16-17-6-8-18(9-7-17)23-15-22(33-2)12-13-24(23)28/h3-5,12-15,17-19,25,30H,6-11,16H2,1-2H3,(H,31,32)/t17-,18-,25?,27?. The molecular weight excluding hydrogens is 424 g/mol. The van der Waals surface area contributed by atoms with Crippen molar-refractivity contribution in [3.05, 3.63) is 59.4 Å². The van der Waals surface area contributed by atoms with Crippen molar-refractivity contribution in [3.8, 4) is 5.75 Å². The van der Waals surface area contributed by atoms with Gasteiger partial charge in [-0.25, -0.2) is 13.6 Å². The molecule has 4 rings (SSSR count). The van der Waals surface area contributed by atoms with Crippen LogP contribution in [0.4, 0.5) is 14.5 Å². The van der Waals surface area contributed by atoms with Gasteiger partial charge in [-0.3, -0.25) is 0 Å². The first kappa shape index (κ1) is 23.5. The van der Waals surface area contributed by atoms with Crippen LogP contribution in [0.2, 0.25) is 0 Å². The summed E-state index contributed by atoms with van der Waals surface area (Å²) in [5.41, 5.74) is 0.0906. The predicted molar refractivity (Wildman–Crippen MR) is 125 cm³/mol. The smallest absolute Gasteiger partial charge is 0.341 e. The van der Waals surface area contributed by atoms with Gasteiger partial charge in [0.05, 0.1) is 7.11 Å². The maximum absolute atomic E-state index is 15.1. The number of carboxylic acid groups (broad SMARTS) is 1. The van der Waals surface area contributed by atoms with Crippen molar-refractivity contribution in [1.29, 1.82) is 0 Å². The average Bonchev–Trinajstić information content (AvgIpc) is 3.63. The van der Waals surface area contributed by atoms with Gasteiger partial charge in [-0.15, -0.1) is 0 Å². The van der Waals surface area contributed by atoms with E-state index in [0.717, 1.165) is 61.9 Å². The lowest BCUT2D eigenvalue weighted by molar-refractivity contribution is -0.151. The van der Waals surface area contributed by atoms with Gasteiger partial charge in [-0.2, -0.15) is 0 Å². The molecule has 0 radical (unpaired) electrons. The van der Waals surface area contributed by atoms with Crippen LogP contribution < -0.4 is 10.1 Å². The molecule has 2 aromatic carbocycles. The second kappa shape index (κ2) is 9.70. The molecule has 0 bridgehead atoms.